The average Bonchev–Trinajstić information content (AvgIpc) is 3.55. The van der Waals surface area contributed by atoms with Crippen molar-refractivity contribution >= 4 is 62.9 Å². The number of unbranched alkanes of at least 4 members (excludes halogenated alkanes) is 2. The molecule has 1 N–H and O–H groups in total. The van der Waals surface area contributed by atoms with Crippen molar-refractivity contribution in [1.29, 1.82) is 0 Å². The Morgan fingerprint density at radius 2 is 1.82 bits per heavy atom. The van der Waals surface area contributed by atoms with Gasteiger partial charge in [-0.1, -0.05) is 38.0 Å². The summed E-state index contributed by atoms with van der Waals surface area (Å²) in [5.74, 6) is -4.34. The number of thiazole rings is 1. The zero-order valence-electron chi connectivity index (χ0n) is 37.9. The van der Waals surface area contributed by atoms with E-state index in [-0.39, 0.29) is 42.7 Å². The van der Waals surface area contributed by atoms with Crippen molar-refractivity contribution in [3.05, 3.63) is 87.5 Å². The Kier molecular flexibility index (Phi) is 15.9. The second-order valence-electron chi connectivity index (χ2n) is 18.0. The zero-order valence-corrected chi connectivity index (χ0v) is 38.7. The molecule has 66 heavy (non-hydrogen) atoms. The first-order valence-electron chi connectivity index (χ1n) is 22.2. The van der Waals surface area contributed by atoms with E-state index in [2.05, 4.69) is 11.6 Å². The molecule has 3 aromatic rings. The van der Waals surface area contributed by atoms with Crippen LogP contribution in [0.2, 0.25) is 0 Å². The summed E-state index contributed by atoms with van der Waals surface area (Å²) in [6.07, 6.45) is 2.20. The van der Waals surface area contributed by atoms with Crippen LogP contribution in [0.3, 0.4) is 0 Å². The summed E-state index contributed by atoms with van der Waals surface area (Å²) >= 11 is 1.54. The number of aliphatic hydroxyl groups is 1. The Bertz CT molecular complexity index is 2380. The van der Waals surface area contributed by atoms with E-state index < -0.39 is 94.6 Å². The number of ketones is 1. The fourth-order valence-corrected chi connectivity index (χ4v) is 9.40. The molecule has 2 fully saturated rings. The van der Waals surface area contributed by atoms with Crippen molar-refractivity contribution in [3.63, 3.8) is 0 Å². The van der Waals surface area contributed by atoms with Gasteiger partial charge in [-0.15, -0.1) is 17.9 Å². The lowest BCUT2D eigenvalue weighted by Crippen LogP contribution is -2.48. The van der Waals surface area contributed by atoms with Crippen LogP contribution in [0.5, 0.6) is 5.75 Å². The van der Waals surface area contributed by atoms with Gasteiger partial charge in [0.15, 0.2) is 0 Å². The van der Waals surface area contributed by atoms with E-state index in [4.69, 9.17) is 23.7 Å². The molecule has 2 amide bonds. The summed E-state index contributed by atoms with van der Waals surface area (Å²) in [4.78, 5) is 95.1. The molecule has 0 unspecified atom stereocenters. The summed E-state index contributed by atoms with van der Waals surface area (Å²) in [7, 11) is 0. The van der Waals surface area contributed by atoms with Crippen LogP contribution >= 0.6 is 11.3 Å². The van der Waals surface area contributed by atoms with Crippen LogP contribution in [-0.4, -0.2) is 86.1 Å². The highest BCUT2D eigenvalue weighted by Crippen LogP contribution is 2.47. The quantitative estimate of drug-likeness (QED) is 0.0235. The largest absolute Gasteiger partial charge is 0.508 e. The number of esters is 2. The normalized spacial score (nSPS) is 25.8. The van der Waals surface area contributed by atoms with Crippen LogP contribution in [0.25, 0.3) is 10.2 Å². The van der Waals surface area contributed by atoms with Gasteiger partial charge in [-0.3, -0.25) is 39.0 Å². The molecule has 0 bridgehead atoms. The molecule has 0 saturated carbocycles. The third kappa shape index (κ3) is 12.1. The van der Waals surface area contributed by atoms with E-state index in [0.717, 1.165) is 26.2 Å². The fraction of sp³-hybridized carbons (Fsp3) is 0.521. The van der Waals surface area contributed by atoms with Gasteiger partial charge in [-0.05, 0) is 95.0 Å². The number of hydrogen-bond acceptors (Lipinski definition) is 16. The standard InChI is InChI=1S/C48H57N3O14S/c1-7-12-32-44(56)28(2)13-11-21-48(6)39(65-48)25-36(31-16-18-37-33(24-31)49-29(3)66-37)63-43(55)26-38(47(4,5)45(32)57)64-46(58)61-27-30-15-17-35(34(23-30)51(59)60)62-42(54)14-9-8-10-22-50-40(52)19-20-41(50)53/h7,15-20,23-24,28,32,36,38-39,44,56H,1,8-14,21-22,25-27H2,2-6H3/t28-,32+,36-,38-,39-,44-,48+/m0/s1. The number of fused-ring (bicyclic) bond motifs is 2. The number of Topliss-reactive ketones (excluding diaryl/α,β-unsaturated/α-hetero) is 1. The van der Waals surface area contributed by atoms with Crippen molar-refractivity contribution in [2.45, 2.75) is 135 Å². The molecule has 7 atom stereocenters. The number of cyclic esters (lactones) is 1. The van der Waals surface area contributed by atoms with E-state index in [1.807, 2.05) is 39.0 Å². The van der Waals surface area contributed by atoms with Crippen LogP contribution in [0.1, 0.15) is 114 Å². The highest BCUT2D eigenvalue weighted by Gasteiger charge is 2.53. The Labute approximate surface area is 386 Å². The topological polar surface area (TPSA) is 231 Å². The van der Waals surface area contributed by atoms with Gasteiger partial charge < -0.3 is 28.8 Å². The number of carbonyl (C=O) groups excluding carboxylic acids is 6. The highest BCUT2D eigenvalue weighted by molar-refractivity contribution is 7.18. The van der Waals surface area contributed by atoms with Crippen molar-refractivity contribution in [3.8, 4) is 5.75 Å². The number of allylic oxidation sites excluding steroid dienone is 1. The van der Waals surface area contributed by atoms with Gasteiger partial charge >= 0.3 is 23.8 Å². The molecule has 0 spiro atoms. The minimum absolute atomic E-state index is 0.0784. The number of hydrogen-bond donors (Lipinski definition) is 1. The number of aryl methyl sites for hydroxylation is 1. The molecule has 3 aliphatic heterocycles. The molecule has 354 valence electrons. The second-order valence-corrected chi connectivity index (χ2v) is 19.3. The molecule has 6 rings (SSSR count). The number of carbonyl (C=O) groups is 6. The number of epoxide rings is 1. The number of amides is 2. The molecular weight excluding hydrogens is 875 g/mol. The van der Waals surface area contributed by atoms with Crippen LogP contribution in [0, 0.1) is 34.3 Å². The fourth-order valence-electron chi connectivity index (χ4n) is 8.59. The van der Waals surface area contributed by atoms with E-state index in [9.17, 15) is 44.0 Å². The molecule has 17 nitrogen and oxygen atoms in total. The molecule has 0 aliphatic carbocycles. The summed E-state index contributed by atoms with van der Waals surface area (Å²) in [6.45, 7) is 12.3. The van der Waals surface area contributed by atoms with Crippen molar-refractivity contribution < 1.29 is 62.5 Å². The van der Waals surface area contributed by atoms with E-state index in [1.54, 1.807) is 11.3 Å². The smallest absolute Gasteiger partial charge is 0.457 e. The first-order chi connectivity index (χ1) is 31.3. The van der Waals surface area contributed by atoms with E-state index in [1.165, 1.54) is 44.2 Å². The zero-order chi connectivity index (χ0) is 47.9. The number of nitro groups is 1. The highest BCUT2D eigenvalue weighted by atomic mass is 32.1. The van der Waals surface area contributed by atoms with Crippen LogP contribution in [0.4, 0.5) is 10.5 Å². The molecule has 4 heterocycles. The van der Waals surface area contributed by atoms with Crippen LogP contribution < -0.4 is 4.74 Å². The second kappa shape index (κ2) is 21.2. The average molecular weight is 932 g/mol. The number of benzene rings is 2. The lowest BCUT2D eigenvalue weighted by Gasteiger charge is -2.37. The molecule has 0 radical (unpaired) electrons. The maximum Gasteiger partial charge on any atom is 0.508 e. The third-order valence-corrected chi connectivity index (χ3v) is 13.7. The Balaban J connectivity index is 1.16. The predicted octanol–water partition coefficient (Wildman–Crippen LogP) is 8.12. The van der Waals surface area contributed by atoms with Crippen molar-refractivity contribution in [2.75, 3.05) is 6.54 Å². The number of imide groups is 1. The SMILES string of the molecule is C=CC[C@H]1C(=O)C(C)(C)[C@@H](OC(=O)OCc2ccc(OC(=O)CCCCCN3C(=O)C=CC3=O)c([N+](=O)[O-])c2)CC(=O)O[C@H](c2ccc3sc(C)nc3c2)C[C@@H]2O[C@]2(C)CCC[C@H](C)[C@@H]1O. The van der Waals surface area contributed by atoms with Gasteiger partial charge in [0.1, 0.15) is 24.6 Å². The number of aliphatic hydroxyl groups excluding tert-OH is 1. The van der Waals surface area contributed by atoms with Gasteiger partial charge in [0.25, 0.3) is 11.8 Å². The lowest BCUT2D eigenvalue weighted by atomic mass is 9.71. The number of nitro benzene ring substituents is 1. The first-order valence-corrected chi connectivity index (χ1v) is 23.0. The maximum atomic E-state index is 14.5. The van der Waals surface area contributed by atoms with Crippen LogP contribution in [-0.2, 0) is 49.5 Å². The van der Waals surface area contributed by atoms with E-state index in [0.29, 0.717) is 50.5 Å². The summed E-state index contributed by atoms with van der Waals surface area (Å²) in [6, 6.07) is 9.32. The van der Waals surface area contributed by atoms with Crippen molar-refractivity contribution in [1.82, 2.24) is 9.88 Å². The predicted molar refractivity (Wildman–Crippen MR) is 240 cm³/mol. The monoisotopic (exact) mass is 931 g/mol. The molecule has 3 aliphatic rings. The van der Waals surface area contributed by atoms with Crippen LogP contribution in [0.15, 0.2) is 61.2 Å². The van der Waals surface area contributed by atoms with E-state index >= 15 is 0 Å². The summed E-state index contributed by atoms with van der Waals surface area (Å²) in [5.41, 5.74) is -1.04. The van der Waals surface area contributed by atoms with Gasteiger partial charge in [0.2, 0.25) is 5.75 Å². The molecule has 2 saturated heterocycles. The summed E-state index contributed by atoms with van der Waals surface area (Å²) < 4.78 is 29.8. The molecule has 2 aromatic carbocycles. The van der Waals surface area contributed by atoms with Gasteiger partial charge in [-0.25, -0.2) is 9.78 Å². The van der Waals surface area contributed by atoms with Gasteiger partial charge in [0.05, 0.1) is 49.8 Å². The Morgan fingerprint density at radius 3 is 2.53 bits per heavy atom. The first kappa shape index (κ1) is 49.6. The number of ether oxygens (including phenoxy) is 5. The third-order valence-electron chi connectivity index (χ3n) is 12.7. The number of aromatic nitrogens is 1. The van der Waals surface area contributed by atoms with Gasteiger partial charge in [0, 0.05) is 43.5 Å². The molecule has 1 aromatic heterocycles. The Morgan fingerprint density at radius 1 is 1.08 bits per heavy atom. The Hall–Kier alpha value is -5.85. The van der Waals surface area contributed by atoms with Gasteiger partial charge in [-0.2, -0.15) is 0 Å². The minimum Gasteiger partial charge on any atom is -0.457 e. The number of rotatable bonds is 14. The molecule has 18 heteroatoms. The molecular formula is C48H57N3O14S. The lowest BCUT2D eigenvalue weighted by molar-refractivity contribution is -0.385. The number of nitrogens with zero attached hydrogens (tertiary/aromatic N) is 3. The minimum atomic E-state index is -1.58. The van der Waals surface area contributed by atoms with Crippen molar-refractivity contribution in [2.24, 2.45) is 17.3 Å². The maximum absolute atomic E-state index is 14.5. The summed E-state index contributed by atoms with van der Waals surface area (Å²) in [5, 5.41) is 24.5.